The molecular formula is C15H17NO3. The monoisotopic (exact) mass is 259 g/mol. The van der Waals surface area contributed by atoms with Gasteiger partial charge in [-0.25, -0.2) is 4.79 Å². The maximum atomic E-state index is 11.5. The van der Waals surface area contributed by atoms with Crippen LogP contribution in [-0.2, 0) is 11.3 Å². The fraction of sp³-hybridized carbons (Fsp3) is 0.267. The highest BCUT2D eigenvalue weighted by Gasteiger charge is 2.08. The summed E-state index contributed by atoms with van der Waals surface area (Å²) in [6.07, 6.45) is 1.67. The van der Waals surface area contributed by atoms with Gasteiger partial charge in [-0.15, -0.1) is 0 Å². The molecule has 0 aliphatic rings. The second kappa shape index (κ2) is 5.61. The zero-order chi connectivity index (χ0) is 13.8. The lowest BCUT2D eigenvalue weighted by Crippen LogP contribution is -2.05. The Morgan fingerprint density at radius 3 is 2.68 bits per heavy atom. The number of aryl methyl sites for hydroxylation is 2. The molecule has 0 radical (unpaired) electrons. The van der Waals surface area contributed by atoms with Gasteiger partial charge in [0, 0.05) is 5.69 Å². The Balaban J connectivity index is 2.15. The van der Waals surface area contributed by atoms with E-state index in [2.05, 4.69) is 5.32 Å². The van der Waals surface area contributed by atoms with Gasteiger partial charge in [0.05, 0.1) is 25.5 Å². The molecule has 1 N–H and O–H groups in total. The van der Waals surface area contributed by atoms with Crippen LogP contribution in [0.3, 0.4) is 0 Å². The minimum Gasteiger partial charge on any atom is -0.467 e. The minimum absolute atomic E-state index is 0.336. The number of methoxy groups -OCH3 is 1. The van der Waals surface area contributed by atoms with Crippen LogP contribution in [0.1, 0.15) is 27.2 Å². The molecule has 100 valence electrons. The third kappa shape index (κ3) is 2.96. The smallest absolute Gasteiger partial charge is 0.337 e. The maximum absolute atomic E-state index is 11.5. The summed E-state index contributed by atoms with van der Waals surface area (Å²) in [4.78, 5) is 11.5. The predicted octanol–water partition coefficient (Wildman–Crippen LogP) is 3.30. The highest BCUT2D eigenvalue weighted by atomic mass is 16.5. The van der Waals surface area contributed by atoms with Crippen molar-refractivity contribution in [2.75, 3.05) is 12.4 Å². The molecule has 1 aromatic heterocycles. The van der Waals surface area contributed by atoms with E-state index in [1.165, 1.54) is 7.11 Å². The van der Waals surface area contributed by atoms with Gasteiger partial charge in [-0.3, -0.25) is 0 Å². The van der Waals surface area contributed by atoms with Crippen LogP contribution < -0.4 is 5.32 Å². The quantitative estimate of drug-likeness (QED) is 0.856. The number of rotatable bonds is 4. The van der Waals surface area contributed by atoms with Crippen LogP contribution in [-0.4, -0.2) is 13.1 Å². The van der Waals surface area contributed by atoms with E-state index in [4.69, 9.17) is 9.15 Å². The van der Waals surface area contributed by atoms with Crippen molar-refractivity contribution in [2.24, 2.45) is 0 Å². The topological polar surface area (TPSA) is 51.5 Å². The van der Waals surface area contributed by atoms with Crippen LogP contribution in [0.25, 0.3) is 0 Å². The van der Waals surface area contributed by atoms with Crippen molar-refractivity contribution in [1.29, 1.82) is 0 Å². The van der Waals surface area contributed by atoms with E-state index < -0.39 is 0 Å². The highest BCUT2D eigenvalue weighted by Crippen LogP contribution is 2.19. The van der Waals surface area contributed by atoms with Gasteiger partial charge in [-0.1, -0.05) is 6.07 Å². The summed E-state index contributed by atoms with van der Waals surface area (Å²) < 4.78 is 10.1. The third-order valence-corrected chi connectivity index (χ3v) is 3.07. The number of benzene rings is 1. The zero-order valence-electron chi connectivity index (χ0n) is 11.3. The number of ether oxygens (including phenoxy) is 1. The van der Waals surface area contributed by atoms with Gasteiger partial charge in [0.25, 0.3) is 0 Å². The van der Waals surface area contributed by atoms with E-state index >= 15 is 0 Å². The van der Waals surface area contributed by atoms with Crippen LogP contribution in [0.5, 0.6) is 0 Å². The fourth-order valence-electron chi connectivity index (χ4n) is 1.82. The minimum atomic E-state index is -0.336. The van der Waals surface area contributed by atoms with Crippen molar-refractivity contribution in [3.8, 4) is 0 Å². The molecule has 2 rings (SSSR count). The van der Waals surface area contributed by atoms with Gasteiger partial charge in [0.1, 0.15) is 5.76 Å². The molecule has 0 saturated heterocycles. The van der Waals surface area contributed by atoms with E-state index in [1.54, 1.807) is 18.4 Å². The predicted molar refractivity (Wildman–Crippen MR) is 73.3 cm³/mol. The lowest BCUT2D eigenvalue weighted by molar-refractivity contribution is 0.0601. The molecular weight excluding hydrogens is 242 g/mol. The largest absolute Gasteiger partial charge is 0.467 e. The molecule has 0 aliphatic carbocycles. The molecule has 2 aromatic rings. The molecule has 0 aliphatic heterocycles. The van der Waals surface area contributed by atoms with Gasteiger partial charge < -0.3 is 14.5 Å². The van der Waals surface area contributed by atoms with Gasteiger partial charge in [-0.05, 0) is 43.2 Å². The van der Waals surface area contributed by atoms with Gasteiger partial charge in [-0.2, -0.15) is 0 Å². The Kier molecular flexibility index (Phi) is 3.90. The number of anilines is 1. The van der Waals surface area contributed by atoms with E-state index in [9.17, 15) is 4.79 Å². The lowest BCUT2D eigenvalue weighted by Gasteiger charge is -2.10. The van der Waals surface area contributed by atoms with Crippen LogP contribution in [0, 0.1) is 13.8 Å². The average Bonchev–Trinajstić information content (AvgIpc) is 2.82. The Morgan fingerprint density at radius 2 is 2.05 bits per heavy atom. The maximum Gasteiger partial charge on any atom is 0.337 e. The molecule has 0 unspecified atom stereocenters. The molecule has 0 amide bonds. The van der Waals surface area contributed by atoms with E-state index in [1.807, 2.05) is 26.0 Å². The molecule has 0 saturated carbocycles. The molecule has 4 nitrogen and oxygen atoms in total. The highest BCUT2D eigenvalue weighted by molar-refractivity contribution is 5.90. The first kappa shape index (κ1) is 13.2. The first-order chi connectivity index (χ1) is 9.11. The number of carbonyl (C=O) groups excluding carboxylic acids is 1. The lowest BCUT2D eigenvalue weighted by atomic mass is 10.1. The second-order valence-corrected chi connectivity index (χ2v) is 4.40. The van der Waals surface area contributed by atoms with Crippen molar-refractivity contribution in [2.45, 2.75) is 20.4 Å². The molecule has 19 heavy (non-hydrogen) atoms. The molecule has 0 atom stereocenters. The van der Waals surface area contributed by atoms with Gasteiger partial charge >= 0.3 is 5.97 Å². The average molecular weight is 259 g/mol. The molecule has 1 heterocycles. The van der Waals surface area contributed by atoms with Crippen LogP contribution in [0.4, 0.5) is 5.69 Å². The number of hydrogen-bond donors (Lipinski definition) is 1. The first-order valence-corrected chi connectivity index (χ1v) is 6.07. The summed E-state index contributed by atoms with van der Waals surface area (Å²) in [5, 5.41) is 3.27. The third-order valence-electron chi connectivity index (χ3n) is 3.07. The SMILES string of the molecule is COC(=O)c1ccc(C)c(NCc2occc2C)c1. The summed E-state index contributed by atoms with van der Waals surface area (Å²) in [5.74, 6) is 0.556. The van der Waals surface area contributed by atoms with E-state index in [0.29, 0.717) is 12.1 Å². The number of furan rings is 1. The van der Waals surface area contributed by atoms with Crippen molar-refractivity contribution < 1.29 is 13.9 Å². The molecule has 0 bridgehead atoms. The summed E-state index contributed by atoms with van der Waals surface area (Å²) in [5.41, 5.74) is 3.61. The summed E-state index contributed by atoms with van der Waals surface area (Å²) in [6.45, 7) is 4.57. The van der Waals surface area contributed by atoms with Crippen molar-refractivity contribution >= 4 is 11.7 Å². The Bertz CT molecular complexity index is 587. The van der Waals surface area contributed by atoms with Crippen molar-refractivity contribution in [1.82, 2.24) is 0 Å². The Labute approximate surface area is 112 Å². The standard InChI is InChI=1S/C15H17NO3/c1-10-4-5-12(15(17)18-3)8-13(10)16-9-14-11(2)6-7-19-14/h4-8,16H,9H2,1-3H3. The zero-order valence-corrected chi connectivity index (χ0v) is 11.3. The van der Waals surface area contributed by atoms with Gasteiger partial charge in [0.2, 0.25) is 0 Å². The molecule has 0 fully saturated rings. The fourth-order valence-corrected chi connectivity index (χ4v) is 1.82. The van der Waals surface area contributed by atoms with Gasteiger partial charge in [0.15, 0.2) is 0 Å². The van der Waals surface area contributed by atoms with E-state index in [-0.39, 0.29) is 5.97 Å². The number of esters is 1. The second-order valence-electron chi connectivity index (χ2n) is 4.40. The molecule has 0 spiro atoms. The summed E-state index contributed by atoms with van der Waals surface area (Å²) in [6, 6.07) is 7.36. The molecule has 1 aromatic carbocycles. The summed E-state index contributed by atoms with van der Waals surface area (Å²) >= 11 is 0. The number of hydrogen-bond acceptors (Lipinski definition) is 4. The first-order valence-electron chi connectivity index (χ1n) is 6.07. The Hall–Kier alpha value is -2.23. The number of nitrogens with one attached hydrogen (secondary N) is 1. The van der Waals surface area contributed by atoms with Crippen LogP contribution in [0.2, 0.25) is 0 Å². The van der Waals surface area contributed by atoms with Crippen LogP contribution >= 0.6 is 0 Å². The summed E-state index contributed by atoms with van der Waals surface area (Å²) in [7, 11) is 1.38. The van der Waals surface area contributed by atoms with Crippen molar-refractivity contribution in [3.05, 3.63) is 53.0 Å². The number of carbonyl (C=O) groups is 1. The normalized spacial score (nSPS) is 10.3. The van der Waals surface area contributed by atoms with Crippen molar-refractivity contribution in [3.63, 3.8) is 0 Å². The molecule has 4 heteroatoms. The Morgan fingerprint density at radius 1 is 1.26 bits per heavy atom. The van der Waals surface area contributed by atoms with E-state index in [0.717, 1.165) is 22.6 Å². The van der Waals surface area contributed by atoms with Crippen LogP contribution in [0.15, 0.2) is 34.9 Å².